The van der Waals surface area contributed by atoms with Crippen LogP contribution in [-0.2, 0) is 11.4 Å². The molecule has 0 atom stereocenters. The highest BCUT2D eigenvalue weighted by Crippen LogP contribution is 2.14. The van der Waals surface area contributed by atoms with E-state index >= 15 is 0 Å². The average molecular weight is 241 g/mol. The molecule has 0 aromatic heterocycles. The van der Waals surface area contributed by atoms with Crippen molar-refractivity contribution in [1.29, 1.82) is 0 Å². The number of alkyl halides is 3. The Kier molecular flexibility index (Phi) is 4.19. The van der Waals surface area contributed by atoms with Crippen molar-refractivity contribution in [2.75, 3.05) is 6.61 Å². The second-order valence-corrected chi connectivity index (χ2v) is 2.93. The highest BCUT2D eigenvalue weighted by molar-refractivity contribution is 5.19. The van der Waals surface area contributed by atoms with Gasteiger partial charge in [0.25, 0.3) is 0 Å². The molecule has 1 N–H and O–H groups in total. The summed E-state index contributed by atoms with van der Waals surface area (Å²) < 4.78 is 60.8. The minimum atomic E-state index is -4.49. The summed E-state index contributed by atoms with van der Waals surface area (Å²) in [6, 6.07) is 3.17. The number of halogens is 5. The van der Waals surface area contributed by atoms with Crippen LogP contribution in [0.4, 0.5) is 22.0 Å². The molecule has 1 aromatic carbocycles. The first kappa shape index (κ1) is 12.9. The molecule has 0 radical (unpaired) electrons. The highest BCUT2D eigenvalue weighted by atomic mass is 19.4. The van der Waals surface area contributed by atoms with Crippen molar-refractivity contribution in [3.05, 3.63) is 35.4 Å². The van der Waals surface area contributed by atoms with E-state index in [0.717, 1.165) is 18.2 Å². The molecule has 0 unspecified atom stereocenters. The number of hydrogen-bond acceptors (Lipinski definition) is 2. The molecular formula is C9H8F5NO. The maximum atomic E-state index is 13.0. The van der Waals surface area contributed by atoms with Crippen molar-refractivity contribution in [3.63, 3.8) is 0 Å². The fourth-order valence-corrected chi connectivity index (χ4v) is 0.957. The van der Waals surface area contributed by atoms with Crippen molar-refractivity contribution in [2.24, 2.45) is 0 Å². The monoisotopic (exact) mass is 241 g/mol. The molecule has 0 heterocycles. The number of rotatable bonds is 4. The summed E-state index contributed by atoms with van der Waals surface area (Å²) in [5, 5.41) is 0. The second-order valence-electron chi connectivity index (χ2n) is 2.93. The molecule has 0 saturated carbocycles. The SMILES string of the molecule is Fc1cccc(F)c1CNOCC(F)(F)F. The Bertz CT molecular complexity index is 332. The first-order valence-corrected chi connectivity index (χ1v) is 4.24. The van der Waals surface area contributed by atoms with Gasteiger partial charge in [0.2, 0.25) is 0 Å². The van der Waals surface area contributed by atoms with Gasteiger partial charge in [-0.25, -0.2) is 8.78 Å². The summed E-state index contributed by atoms with van der Waals surface area (Å²) in [4.78, 5) is 4.00. The third kappa shape index (κ3) is 4.11. The fraction of sp³-hybridized carbons (Fsp3) is 0.333. The summed E-state index contributed by atoms with van der Waals surface area (Å²) in [5.41, 5.74) is 1.47. The number of hydrogen-bond donors (Lipinski definition) is 1. The Morgan fingerprint density at radius 3 is 2.19 bits per heavy atom. The average Bonchev–Trinajstić information content (AvgIpc) is 2.14. The predicted octanol–water partition coefficient (Wildman–Crippen LogP) is 2.55. The van der Waals surface area contributed by atoms with Crippen LogP contribution in [0.15, 0.2) is 18.2 Å². The van der Waals surface area contributed by atoms with Crippen LogP contribution in [0.25, 0.3) is 0 Å². The Balaban J connectivity index is 2.43. The van der Waals surface area contributed by atoms with Crippen molar-refractivity contribution < 1.29 is 26.8 Å². The van der Waals surface area contributed by atoms with Crippen LogP contribution in [0, 0.1) is 11.6 Å². The van der Waals surface area contributed by atoms with Crippen molar-refractivity contribution >= 4 is 0 Å². The van der Waals surface area contributed by atoms with Crippen LogP contribution in [0.1, 0.15) is 5.56 Å². The van der Waals surface area contributed by atoms with Gasteiger partial charge in [0.1, 0.15) is 11.6 Å². The highest BCUT2D eigenvalue weighted by Gasteiger charge is 2.27. The molecule has 0 aliphatic carbocycles. The van der Waals surface area contributed by atoms with E-state index in [1.807, 2.05) is 5.48 Å². The fourth-order valence-electron chi connectivity index (χ4n) is 0.957. The van der Waals surface area contributed by atoms with Gasteiger partial charge in [-0.3, -0.25) is 4.84 Å². The van der Waals surface area contributed by atoms with Gasteiger partial charge in [-0.15, -0.1) is 0 Å². The number of benzene rings is 1. The van der Waals surface area contributed by atoms with Gasteiger partial charge < -0.3 is 0 Å². The van der Waals surface area contributed by atoms with Crippen LogP contribution >= 0.6 is 0 Å². The zero-order valence-corrected chi connectivity index (χ0v) is 7.94. The first-order chi connectivity index (χ1) is 7.40. The minimum absolute atomic E-state index is 0.371. The molecule has 0 spiro atoms. The summed E-state index contributed by atoms with van der Waals surface area (Å²) in [7, 11) is 0. The van der Waals surface area contributed by atoms with E-state index in [4.69, 9.17) is 0 Å². The van der Waals surface area contributed by atoms with Gasteiger partial charge in [0.05, 0.1) is 6.54 Å². The van der Waals surface area contributed by atoms with E-state index in [9.17, 15) is 22.0 Å². The molecule has 0 aliphatic rings. The lowest BCUT2D eigenvalue weighted by Crippen LogP contribution is -2.25. The maximum absolute atomic E-state index is 13.0. The van der Waals surface area contributed by atoms with Crippen molar-refractivity contribution in [3.8, 4) is 0 Å². The normalized spacial score (nSPS) is 11.8. The quantitative estimate of drug-likeness (QED) is 0.497. The molecule has 0 bridgehead atoms. The number of hydroxylamine groups is 1. The van der Waals surface area contributed by atoms with E-state index in [0.29, 0.717) is 0 Å². The molecule has 1 aromatic rings. The molecular weight excluding hydrogens is 233 g/mol. The zero-order chi connectivity index (χ0) is 12.2. The van der Waals surface area contributed by atoms with Crippen molar-refractivity contribution in [1.82, 2.24) is 5.48 Å². The Hall–Kier alpha value is -1.21. The summed E-state index contributed by atoms with van der Waals surface area (Å²) in [6.45, 7) is -2.00. The van der Waals surface area contributed by atoms with Gasteiger partial charge in [-0.2, -0.15) is 18.7 Å². The van der Waals surface area contributed by atoms with E-state index in [1.165, 1.54) is 0 Å². The minimum Gasteiger partial charge on any atom is -0.292 e. The van der Waals surface area contributed by atoms with E-state index in [-0.39, 0.29) is 5.56 Å². The Labute approximate surface area is 88.0 Å². The van der Waals surface area contributed by atoms with Crippen LogP contribution in [0.5, 0.6) is 0 Å². The molecule has 0 aliphatic heterocycles. The van der Waals surface area contributed by atoms with Crippen LogP contribution in [-0.4, -0.2) is 12.8 Å². The zero-order valence-electron chi connectivity index (χ0n) is 7.94. The second kappa shape index (κ2) is 5.22. The largest absolute Gasteiger partial charge is 0.413 e. The lowest BCUT2D eigenvalue weighted by Gasteiger charge is -2.09. The summed E-state index contributed by atoms with van der Waals surface area (Å²) in [6.07, 6.45) is -4.49. The van der Waals surface area contributed by atoms with Crippen LogP contribution < -0.4 is 5.48 Å². The lowest BCUT2D eigenvalue weighted by molar-refractivity contribution is -0.190. The molecule has 16 heavy (non-hydrogen) atoms. The Morgan fingerprint density at radius 2 is 1.69 bits per heavy atom. The third-order valence-electron chi connectivity index (χ3n) is 1.65. The maximum Gasteiger partial charge on any atom is 0.413 e. The molecule has 0 amide bonds. The summed E-state index contributed by atoms with van der Waals surface area (Å²) >= 11 is 0. The number of nitrogens with one attached hydrogen (secondary N) is 1. The van der Waals surface area contributed by atoms with E-state index in [1.54, 1.807) is 0 Å². The molecule has 7 heteroatoms. The molecule has 90 valence electrons. The Morgan fingerprint density at radius 1 is 1.12 bits per heavy atom. The third-order valence-corrected chi connectivity index (χ3v) is 1.65. The molecule has 0 fully saturated rings. The molecule has 0 saturated heterocycles. The van der Waals surface area contributed by atoms with Gasteiger partial charge in [-0.1, -0.05) is 6.07 Å². The van der Waals surface area contributed by atoms with Crippen molar-refractivity contribution in [2.45, 2.75) is 12.7 Å². The molecule has 2 nitrogen and oxygen atoms in total. The molecule has 1 rings (SSSR count). The van der Waals surface area contributed by atoms with E-state index < -0.39 is 31.0 Å². The van der Waals surface area contributed by atoms with Gasteiger partial charge in [0, 0.05) is 5.56 Å². The lowest BCUT2D eigenvalue weighted by atomic mass is 10.2. The summed E-state index contributed by atoms with van der Waals surface area (Å²) in [5.74, 6) is -1.69. The first-order valence-electron chi connectivity index (χ1n) is 4.24. The van der Waals surface area contributed by atoms with Gasteiger partial charge >= 0.3 is 6.18 Å². The van der Waals surface area contributed by atoms with Gasteiger partial charge in [-0.05, 0) is 12.1 Å². The van der Waals surface area contributed by atoms with Crippen LogP contribution in [0.3, 0.4) is 0 Å². The topological polar surface area (TPSA) is 21.3 Å². The van der Waals surface area contributed by atoms with Gasteiger partial charge in [0.15, 0.2) is 6.61 Å². The van der Waals surface area contributed by atoms with Crippen LogP contribution in [0.2, 0.25) is 0 Å². The smallest absolute Gasteiger partial charge is 0.292 e. The predicted molar refractivity (Wildman–Crippen MR) is 45.2 cm³/mol. The standard InChI is InChI=1S/C9H8F5NO/c10-7-2-1-3-8(11)6(7)4-15-16-5-9(12,13)14/h1-3,15H,4-5H2. The van der Waals surface area contributed by atoms with E-state index in [2.05, 4.69) is 4.84 Å².